The normalized spacial score (nSPS) is 17.8. The minimum Gasteiger partial charge on any atom is -0.497 e. The van der Waals surface area contributed by atoms with Gasteiger partial charge in [0.25, 0.3) is 0 Å². The molecule has 2 aliphatic rings. The molecule has 0 unspecified atom stereocenters. The molecule has 3 rings (SSSR count). The van der Waals surface area contributed by atoms with Crippen molar-refractivity contribution in [3.8, 4) is 5.75 Å². The molecule has 2 aliphatic heterocycles. The first-order valence-corrected chi connectivity index (χ1v) is 10.3. The van der Waals surface area contributed by atoms with Crippen LogP contribution in [0.25, 0.3) is 5.57 Å². The number of nitrogens with one attached hydrogen (secondary N) is 1. The molecule has 0 aromatic heterocycles. The van der Waals surface area contributed by atoms with Gasteiger partial charge in [0.1, 0.15) is 15.6 Å². The number of rotatable bonds is 3. The number of hydrogen-bond acceptors (Lipinski definition) is 9. The van der Waals surface area contributed by atoms with Gasteiger partial charge in [0, 0.05) is 27.8 Å². The molecule has 1 aromatic rings. The first-order chi connectivity index (χ1) is 13.2. The maximum Gasteiger partial charge on any atom is 0.346 e. The van der Waals surface area contributed by atoms with Gasteiger partial charge in [-0.05, 0) is 26.0 Å². The van der Waals surface area contributed by atoms with Crippen molar-refractivity contribution in [3.05, 3.63) is 37.8 Å². The zero-order valence-corrected chi connectivity index (χ0v) is 18.4. The molecular weight excluding hydrogens is 418 g/mol. The zero-order valence-electron chi connectivity index (χ0n) is 16.0. The van der Waals surface area contributed by atoms with Gasteiger partial charge in [0.15, 0.2) is 0 Å². The SMILES string of the molecule is COC(=O)C1=C(C(=O)OC)SC(=C2C(=S)C(C)(C)Nc3cc(OC)ccc32)S1. The Morgan fingerprint density at radius 1 is 1.04 bits per heavy atom. The Bertz CT molecular complexity index is 919. The van der Waals surface area contributed by atoms with Crippen molar-refractivity contribution in [2.75, 3.05) is 26.6 Å². The molecule has 9 heteroatoms. The van der Waals surface area contributed by atoms with E-state index < -0.39 is 17.5 Å². The minimum absolute atomic E-state index is 0.205. The summed E-state index contributed by atoms with van der Waals surface area (Å²) in [6.07, 6.45) is 0. The number of carbonyl (C=O) groups excluding carboxylic acids is 2. The number of anilines is 1. The third kappa shape index (κ3) is 3.54. The van der Waals surface area contributed by atoms with E-state index in [1.54, 1.807) is 7.11 Å². The molecule has 148 valence electrons. The van der Waals surface area contributed by atoms with Crippen LogP contribution in [0.4, 0.5) is 5.69 Å². The second-order valence-electron chi connectivity index (χ2n) is 6.50. The molecule has 0 radical (unpaired) electrons. The van der Waals surface area contributed by atoms with Crippen LogP contribution >= 0.6 is 35.7 Å². The summed E-state index contributed by atoms with van der Waals surface area (Å²) in [4.78, 5) is 25.5. The fourth-order valence-corrected chi connectivity index (χ4v) is 5.85. The molecular formula is C19H19NO5S3. The quantitative estimate of drug-likeness (QED) is 0.429. The van der Waals surface area contributed by atoms with E-state index in [4.69, 9.17) is 26.4 Å². The zero-order chi connectivity index (χ0) is 20.6. The number of fused-ring (bicyclic) bond motifs is 1. The fraction of sp³-hybridized carbons (Fsp3) is 0.316. The smallest absolute Gasteiger partial charge is 0.346 e. The van der Waals surface area contributed by atoms with Crippen molar-refractivity contribution in [1.82, 2.24) is 0 Å². The summed E-state index contributed by atoms with van der Waals surface area (Å²) in [6.45, 7) is 3.97. The lowest BCUT2D eigenvalue weighted by atomic mass is 9.85. The summed E-state index contributed by atoms with van der Waals surface area (Å²) in [5, 5.41) is 3.43. The van der Waals surface area contributed by atoms with Crippen LogP contribution in [0.5, 0.6) is 5.75 Å². The summed E-state index contributed by atoms with van der Waals surface area (Å²) < 4.78 is 15.8. The van der Waals surface area contributed by atoms with Gasteiger partial charge in [0.05, 0.1) is 31.1 Å². The van der Waals surface area contributed by atoms with E-state index in [1.165, 1.54) is 37.7 Å². The predicted molar refractivity (Wildman–Crippen MR) is 116 cm³/mol. The summed E-state index contributed by atoms with van der Waals surface area (Å²) in [5.41, 5.74) is 2.06. The molecule has 1 aromatic carbocycles. The first kappa shape index (κ1) is 20.8. The largest absolute Gasteiger partial charge is 0.497 e. The number of benzene rings is 1. The molecule has 0 fully saturated rings. The third-order valence-corrected chi connectivity index (χ3v) is 7.55. The van der Waals surface area contributed by atoms with Crippen LogP contribution in [0, 0.1) is 0 Å². The molecule has 0 atom stereocenters. The average Bonchev–Trinajstić information content (AvgIpc) is 3.12. The highest BCUT2D eigenvalue weighted by Crippen LogP contribution is 2.55. The van der Waals surface area contributed by atoms with Gasteiger partial charge >= 0.3 is 11.9 Å². The van der Waals surface area contributed by atoms with E-state index in [2.05, 4.69) is 5.32 Å². The van der Waals surface area contributed by atoms with Crippen LogP contribution in [0.2, 0.25) is 0 Å². The summed E-state index contributed by atoms with van der Waals surface area (Å²) in [7, 11) is 4.17. The highest BCUT2D eigenvalue weighted by Gasteiger charge is 2.40. The van der Waals surface area contributed by atoms with E-state index in [0.29, 0.717) is 4.86 Å². The van der Waals surface area contributed by atoms with Gasteiger partial charge in [-0.2, -0.15) is 0 Å². The number of methoxy groups -OCH3 is 3. The van der Waals surface area contributed by atoms with Crippen molar-refractivity contribution in [2.45, 2.75) is 19.4 Å². The molecule has 0 aliphatic carbocycles. The van der Waals surface area contributed by atoms with Gasteiger partial charge < -0.3 is 19.5 Å². The average molecular weight is 438 g/mol. The van der Waals surface area contributed by atoms with E-state index in [1.807, 2.05) is 32.0 Å². The molecule has 0 saturated carbocycles. The number of hydrogen-bond donors (Lipinski definition) is 1. The fourth-order valence-electron chi connectivity index (χ4n) is 2.86. The maximum absolute atomic E-state index is 12.2. The minimum atomic E-state index is -0.581. The van der Waals surface area contributed by atoms with Crippen LogP contribution in [0.3, 0.4) is 0 Å². The van der Waals surface area contributed by atoms with Crippen LogP contribution in [-0.4, -0.2) is 43.7 Å². The van der Waals surface area contributed by atoms with Crippen molar-refractivity contribution < 1.29 is 23.8 Å². The molecule has 1 N–H and O–H groups in total. The summed E-state index contributed by atoms with van der Waals surface area (Å²) in [6, 6.07) is 5.67. The van der Waals surface area contributed by atoms with Crippen molar-refractivity contribution in [2.24, 2.45) is 0 Å². The summed E-state index contributed by atoms with van der Waals surface area (Å²) in [5.74, 6) is -0.445. The Hall–Kier alpha value is -1.97. The summed E-state index contributed by atoms with van der Waals surface area (Å²) >= 11 is 8.13. The van der Waals surface area contributed by atoms with E-state index in [-0.39, 0.29) is 9.81 Å². The Labute approximate surface area is 177 Å². The molecule has 0 bridgehead atoms. The molecule has 28 heavy (non-hydrogen) atoms. The first-order valence-electron chi connectivity index (χ1n) is 8.25. The Balaban J connectivity index is 2.17. The van der Waals surface area contributed by atoms with Gasteiger partial charge in [-0.15, -0.1) is 0 Å². The van der Waals surface area contributed by atoms with E-state index in [9.17, 15) is 9.59 Å². The predicted octanol–water partition coefficient (Wildman–Crippen LogP) is 3.98. The lowest BCUT2D eigenvalue weighted by Gasteiger charge is -2.37. The monoisotopic (exact) mass is 437 g/mol. The van der Waals surface area contributed by atoms with Gasteiger partial charge in [0.2, 0.25) is 0 Å². The van der Waals surface area contributed by atoms with Crippen molar-refractivity contribution in [1.29, 1.82) is 0 Å². The Kier molecular flexibility index (Phi) is 5.79. The molecule has 6 nitrogen and oxygen atoms in total. The number of ether oxygens (including phenoxy) is 3. The van der Waals surface area contributed by atoms with E-state index in [0.717, 1.165) is 26.8 Å². The maximum atomic E-state index is 12.2. The lowest BCUT2D eigenvalue weighted by molar-refractivity contribution is -0.138. The Morgan fingerprint density at radius 3 is 2.11 bits per heavy atom. The molecule has 2 heterocycles. The third-order valence-electron chi connectivity index (χ3n) is 4.28. The topological polar surface area (TPSA) is 73.9 Å². The number of thiocarbonyl (C=S) groups is 1. The van der Waals surface area contributed by atoms with Gasteiger partial charge in [-0.25, -0.2) is 9.59 Å². The standard InChI is InChI=1S/C19H19NO5S3/c1-19(2)15(26)12(10-7-6-9(23-3)8-11(10)20-19)18-27-13(16(21)24-4)14(28-18)17(22)25-5/h6-8,20H,1-5H3. The van der Waals surface area contributed by atoms with Gasteiger partial charge in [-0.1, -0.05) is 35.7 Å². The number of esters is 2. The van der Waals surface area contributed by atoms with Crippen LogP contribution < -0.4 is 10.1 Å². The number of thioether (sulfide) groups is 2. The highest BCUT2D eigenvalue weighted by molar-refractivity contribution is 8.29. The molecule has 0 saturated heterocycles. The molecule has 0 amide bonds. The lowest BCUT2D eigenvalue weighted by Crippen LogP contribution is -2.43. The highest BCUT2D eigenvalue weighted by atomic mass is 32.2. The second kappa shape index (κ2) is 7.81. The second-order valence-corrected chi connectivity index (χ2v) is 9.21. The van der Waals surface area contributed by atoms with Gasteiger partial charge in [-0.3, -0.25) is 0 Å². The van der Waals surface area contributed by atoms with Crippen molar-refractivity contribution >= 4 is 63.8 Å². The van der Waals surface area contributed by atoms with Crippen molar-refractivity contribution in [3.63, 3.8) is 0 Å². The van der Waals surface area contributed by atoms with E-state index >= 15 is 0 Å². The number of carbonyl (C=O) groups is 2. The van der Waals surface area contributed by atoms with Crippen LogP contribution in [-0.2, 0) is 19.1 Å². The van der Waals surface area contributed by atoms with Crippen LogP contribution in [0.15, 0.2) is 32.2 Å². The Morgan fingerprint density at radius 2 is 1.61 bits per heavy atom. The molecule has 0 spiro atoms. The van der Waals surface area contributed by atoms with Crippen LogP contribution in [0.1, 0.15) is 19.4 Å².